The molecule has 0 bridgehead atoms. The van der Waals surface area contributed by atoms with E-state index in [4.69, 9.17) is 10.2 Å². The van der Waals surface area contributed by atoms with Crippen molar-refractivity contribution in [2.75, 3.05) is 18.8 Å². The molecule has 1 atom stereocenters. The Labute approximate surface area is 167 Å². The molecule has 2 aromatic heterocycles. The highest BCUT2D eigenvalue weighted by Crippen LogP contribution is 2.18. The van der Waals surface area contributed by atoms with Crippen LogP contribution in [0.15, 0.2) is 41.3 Å². The summed E-state index contributed by atoms with van der Waals surface area (Å²) >= 11 is 0. The minimum absolute atomic E-state index is 0.0110. The predicted octanol–water partition coefficient (Wildman–Crippen LogP) is 1.77. The van der Waals surface area contributed by atoms with Crippen molar-refractivity contribution in [3.8, 4) is 0 Å². The fourth-order valence-corrected chi connectivity index (χ4v) is 3.63. The van der Waals surface area contributed by atoms with Crippen LogP contribution in [0.3, 0.4) is 0 Å². The lowest BCUT2D eigenvalue weighted by molar-refractivity contribution is -0.131. The van der Waals surface area contributed by atoms with Crippen molar-refractivity contribution in [3.05, 3.63) is 48.3 Å². The Balaban J connectivity index is 1.26. The highest BCUT2D eigenvalue weighted by molar-refractivity contribution is 5.83. The summed E-state index contributed by atoms with van der Waals surface area (Å²) in [6, 6.07) is 7.29. The van der Waals surface area contributed by atoms with E-state index in [1.54, 1.807) is 4.90 Å². The average Bonchev–Trinajstić information content (AvgIpc) is 3.35. The van der Waals surface area contributed by atoms with Crippen LogP contribution in [0, 0.1) is 0 Å². The standard InChI is InChI=1S/C20H24N6O3/c21-14-3-4-18-13(6-14)7-16(24-18)9-22-20(28)25-15-2-1-5-26(10-15)19(27)8-17-11-29-12-23-17/h3-4,6-7,11-12,15,24H,1-2,5,8-10,21H2,(H2,22,25,28)/t15-/m1/s1. The third-order valence-corrected chi connectivity index (χ3v) is 5.07. The normalized spacial score (nSPS) is 16.7. The highest BCUT2D eigenvalue weighted by Gasteiger charge is 2.25. The zero-order valence-electron chi connectivity index (χ0n) is 16.0. The van der Waals surface area contributed by atoms with E-state index in [0.29, 0.717) is 31.0 Å². The molecule has 0 unspecified atom stereocenters. The molecule has 0 saturated carbocycles. The maximum Gasteiger partial charge on any atom is 0.315 e. The van der Waals surface area contributed by atoms with Crippen LogP contribution in [0.2, 0.25) is 0 Å². The SMILES string of the molecule is Nc1ccc2[nH]c(CNC(=O)N[C@@H]3CCCN(C(=O)Cc4cocn4)C3)cc2c1. The second-order valence-electron chi connectivity index (χ2n) is 7.30. The van der Waals surface area contributed by atoms with Gasteiger partial charge in [-0.2, -0.15) is 0 Å². The first-order valence-electron chi connectivity index (χ1n) is 9.63. The van der Waals surface area contributed by atoms with E-state index in [1.165, 1.54) is 12.7 Å². The number of carbonyl (C=O) groups is 2. The molecule has 1 aliphatic heterocycles. The number of hydrogen-bond acceptors (Lipinski definition) is 5. The van der Waals surface area contributed by atoms with Crippen LogP contribution in [0.5, 0.6) is 0 Å². The van der Waals surface area contributed by atoms with Crippen LogP contribution in [0.4, 0.5) is 10.5 Å². The van der Waals surface area contributed by atoms with Crippen LogP contribution >= 0.6 is 0 Å². The number of nitrogens with zero attached hydrogens (tertiary/aromatic N) is 2. The summed E-state index contributed by atoms with van der Waals surface area (Å²) in [4.78, 5) is 33.7. The number of carbonyl (C=O) groups excluding carboxylic acids is 2. The number of H-pyrrole nitrogens is 1. The number of aromatic nitrogens is 2. The van der Waals surface area contributed by atoms with Gasteiger partial charge in [-0.25, -0.2) is 9.78 Å². The number of benzene rings is 1. The highest BCUT2D eigenvalue weighted by atomic mass is 16.3. The first kappa shape index (κ1) is 18.9. The van der Waals surface area contributed by atoms with Gasteiger partial charge in [0.25, 0.3) is 0 Å². The van der Waals surface area contributed by atoms with Gasteiger partial charge in [0.1, 0.15) is 6.26 Å². The van der Waals surface area contributed by atoms with Crippen molar-refractivity contribution in [2.45, 2.75) is 31.8 Å². The van der Waals surface area contributed by atoms with E-state index in [2.05, 4.69) is 20.6 Å². The van der Waals surface area contributed by atoms with E-state index >= 15 is 0 Å². The summed E-state index contributed by atoms with van der Waals surface area (Å²) in [5.41, 5.74) is 8.99. The van der Waals surface area contributed by atoms with Crippen molar-refractivity contribution in [1.29, 1.82) is 0 Å². The van der Waals surface area contributed by atoms with Crippen molar-refractivity contribution in [1.82, 2.24) is 25.5 Å². The summed E-state index contributed by atoms with van der Waals surface area (Å²) in [7, 11) is 0. The molecule has 9 heteroatoms. The van der Waals surface area contributed by atoms with Crippen LogP contribution in [-0.2, 0) is 17.8 Å². The summed E-state index contributed by atoms with van der Waals surface area (Å²) in [5.74, 6) is -0.0110. The number of urea groups is 1. The predicted molar refractivity (Wildman–Crippen MR) is 108 cm³/mol. The zero-order valence-corrected chi connectivity index (χ0v) is 16.0. The molecule has 3 aromatic rings. The summed E-state index contributed by atoms with van der Waals surface area (Å²) in [6.45, 7) is 1.56. The topological polar surface area (TPSA) is 129 Å². The molecule has 4 rings (SSSR count). The van der Waals surface area contributed by atoms with E-state index < -0.39 is 0 Å². The molecule has 9 nitrogen and oxygen atoms in total. The molecule has 0 radical (unpaired) electrons. The number of nitrogens with two attached hydrogens (primary N) is 1. The lowest BCUT2D eigenvalue weighted by atomic mass is 10.1. The third-order valence-electron chi connectivity index (χ3n) is 5.07. The van der Waals surface area contributed by atoms with Gasteiger partial charge < -0.3 is 30.7 Å². The number of rotatable bonds is 5. The number of oxazole rings is 1. The van der Waals surface area contributed by atoms with Gasteiger partial charge in [0, 0.05) is 41.4 Å². The Morgan fingerprint density at radius 1 is 1.34 bits per heavy atom. The van der Waals surface area contributed by atoms with E-state index in [1.807, 2.05) is 24.3 Å². The number of hydrogen-bond donors (Lipinski definition) is 4. The lowest BCUT2D eigenvalue weighted by Crippen LogP contribution is -2.52. The number of nitrogens with one attached hydrogen (secondary N) is 3. The van der Waals surface area contributed by atoms with Crippen LogP contribution in [0.1, 0.15) is 24.2 Å². The molecule has 0 spiro atoms. The first-order chi connectivity index (χ1) is 14.1. The molecule has 152 valence electrons. The van der Waals surface area contributed by atoms with Gasteiger partial charge in [-0.05, 0) is 37.1 Å². The molecular formula is C20H24N6O3. The number of anilines is 1. The molecule has 29 heavy (non-hydrogen) atoms. The van der Waals surface area contributed by atoms with Gasteiger partial charge in [0.15, 0.2) is 6.39 Å². The summed E-state index contributed by atoms with van der Waals surface area (Å²) < 4.78 is 4.91. The third kappa shape index (κ3) is 4.68. The Morgan fingerprint density at radius 3 is 3.07 bits per heavy atom. The molecule has 5 N–H and O–H groups in total. The molecule has 3 amide bonds. The summed E-state index contributed by atoms with van der Waals surface area (Å²) in [5, 5.41) is 6.84. The number of amides is 3. The Morgan fingerprint density at radius 2 is 2.24 bits per heavy atom. The minimum Gasteiger partial charge on any atom is -0.451 e. The fourth-order valence-electron chi connectivity index (χ4n) is 3.63. The van der Waals surface area contributed by atoms with Crippen molar-refractivity contribution < 1.29 is 14.0 Å². The number of fused-ring (bicyclic) bond motifs is 1. The van der Waals surface area contributed by atoms with Crippen LogP contribution in [-0.4, -0.2) is 45.9 Å². The van der Waals surface area contributed by atoms with E-state index in [-0.39, 0.29) is 24.4 Å². The average molecular weight is 396 g/mol. The first-order valence-corrected chi connectivity index (χ1v) is 9.63. The molecule has 1 aliphatic rings. The Kier molecular flexibility index (Phi) is 5.37. The maximum atomic E-state index is 12.4. The van der Waals surface area contributed by atoms with Crippen molar-refractivity contribution >= 4 is 28.5 Å². The zero-order chi connectivity index (χ0) is 20.2. The van der Waals surface area contributed by atoms with E-state index in [0.717, 1.165) is 29.4 Å². The molecule has 0 aliphatic carbocycles. The molecule has 1 saturated heterocycles. The van der Waals surface area contributed by atoms with Gasteiger partial charge in [0.05, 0.1) is 18.7 Å². The van der Waals surface area contributed by atoms with Gasteiger partial charge in [-0.1, -0.05) is 0 Å². The van der Waals surface area contributed by atoms with Gasteiger partial charge >= 0.3 is 6.03 Å². The van der Waals surface area contributed by atoms with Crippen LogP contribution < -0.4 is 16.4 Å². The molecule has 1 fully saturated rings. The smallest absolute Gasteiger partial charge is 0.315 e. The number of piperidine rings is 1. The minimum atomic E-state index is -0.251. The number of nitrogen functional groups attached to an aromatic ring is 1. The Hall–Kier alpha value is -3.49. The van der Waals surface area contributed by atoms with Gasteiger partial charge in [0.2, 0.25) is 5.91 Å². The molecular weight excluding hydrogens is 372 g/mol. The molecule has 3 heterocycles. The second kappa shape index (κ2) is 8.26. The number of likely N-dealkylation sites (tertiary alicyclic amines) is 1. The molecule has 1 aromatic carbocycles. The number of aromatic amines is 1. The van der Waals surface area contributed by atoms with Crippen LogP contribution in [0.25, 0.3) is 10.9 Å². The maximum absolute atomic E-state index is 12.4. The summed E-state index contributed by atoms with van der Waals surface area (Å²) in [6.07, 6.45) is 4.69. The Bertz CT molecular complexity index is 997. The van der Waals surface area contributed by atoms with Crippen molar-refractivity contribution in [3.63, 3.8) is 0 Å². The van der Waals surface area contributed by atoms with Gasteiger partial charge in [-0.3, -0.25) is 4.79 Å². The largest absolute Gasteiger partial charge is 0.451 e. The quantitative estimate of drug-likeness (QED) is 0.489. The fraction of sp³-hybridized carbons (Fsp3) is 0.350. The van der Waals surface area contributed by atoms with Gasteiger partial charge in [-0.15, -0.1) is 0 Å². The van der Waals surface area contributed by atoms with Crippen molar-refractivity contribution in [2.24, 2.45) is 0 Å². The van der Waals surface area contributed by atoms with E-state index in [9.17, 15) is 9.59 Å². The monoisotopic (exact) mass is 396 g/mol. The second-order valence-corrected chi connectivity index (χ2v) is 7.30. The lowest BCUT2D eigenvalue weighted by Gasteiger charge is -2.33.